The van der Waals surface area contributed by atoms with Crippen molar-refractivity contribution in [1.29, 1.82) is 0 Å². The van der Waals surface area contributed by atoms with Crippen LogP contribution in [0, 0.1) is 0 Å². The molecule has 0 aliphatic rings. The van der Waals surface area contributed by atoms with Gasteiger partial charge in [0.2, 0.25) is 0 Å². The van der Waals surface area contributed by atoms with E-state index < -0.39 is 0 Å². The summed E-state index contributed by atoms with van der Waals surface area (Å²) < 4.78 is 0. The standard InChI is InChI=1S/C17H25N3/c1-3-4-5-6-8-13(2)20-16-11-10-15(18)14-9-7-12-19-17(14)16/h7,9-13,20H,3-6,8,18H2,1-2H3. The third kappa shape index (κ3) is 3.62. The average molecular weight is 271 g/mol. The van der Waals surface area contributed by atoms with E-state index >= 15 is 0 Å². The first kappa shape index (κ1) is 14.6. The van der Waals surface area contributed by atoms with Crippen molar-refractivity contribution in [2.24, 2.45) is 0 Å². The number of nitrogen functional groups attached to an aromatic ring is 1. The maximum Gasteiger partial charge on any atom is 0.0953 e. The molecule has 20 heavy (non-hydrogen) atoms. The fraction of sp³-hybridized carbons (Fsp3) is 0.471. The summed E-state index contributed by atoms with van der Waals surface area (Å²) in [6.45, 7) is 4.48. The predicted molar refractivity (Wildman–Crippen MR) is 88.0 cm³/mol. The number of nitrogens with two attached hydrogens (primary N) is 1. The molecule has 0 aliphatic carbocycles. The Morgan fingerprint density at radius 3 is 2.85 bits per heavy atom. The van der Waals surface area contributed by atoms with Crippen LogP contribution in [0.25, 0.3) is 10.9 Å². The van der Waals surface area contributed by atoms with Crippen molar-refractivity contribution < 1.29 is 0 Å². The third-order valence-electron chi connectivity index (χ3n) is 3.70. The molecule has 3 N–H and O–H groups in total. The molecule has 2 aromatic rings. The number of hydrogen-bond donors (Lipinski definition) is 2. The van der Waals surface area contributed by atoms with E-state index in [1.54, 1.807) is 0 Å². The Morgan fingerprint density at radius 1 is 1.20 bits per heavy atom. The quantitative estimate of drug-likeness (QED) is 0.572. The SMILES string of the molecule is CCCCCCC(C)Nc1ccc(N)c2cccnc12. The molecule has 0 spiro atoms. The van der Waals surface area contributed by atoms with Crippen LogP contribution in [-0.4, -0.2) is 11.0 Å². The second kappa shape index (κ2) is 7.13. The first-order chi connectivity index (χ1) is 9.72. The molecule has 2 rings (SSSR count). The Balaban J connectivity index is 2.04. The summed E-state index contributed by atoms with van der Waals surface area (Å²) in [6.07, 6.45) is 8.23. The van der Waals surface area contributed by atoms with Gasteiger partial charge in [0.05, 0.1) is 11.2 Å². The molecular weight excluding hydrogens is 246 g/mol. The van der Waals surface area contributed by atoms with Crippen LogP contribution in [0.3, 0.4) is 0 Å². The number of benzene rings is 1. The summed E-state index contributed by atoms with van der Waals surface area (Å²) in [5, 5.41) is 4.59. The summed E-state index contributed by atoms with van der Waals surface area (Å²) in [4.78, 5) is 4.46. The lowest BCUT2D eigenvalue weighted by Crippen LogP contribution is -2.15. The first-order valence-electron chi connectivity index (χ1n) is 7.62. The van der Waals surface area contributed by atoms with Gasteiger partial charge in [-0.25, -0.2) is 0 Å². The van der Waals surface area contributed by atoms with Crippen LogP contribution in [-0.2, 0) is 0 Å². The normalized spacial score (nSPS) is 12.5. The summed E-state index contributed by atoms with van der Waals surface area (Å²) in [6, 6.07) is 8.40. The van der Waals surface area contributed by atoms with Gasteiger partial charge >= 0.3 is 0 Å². The number of pyridine rings is 1. The van der Waals surface area contributed by atoms with Crippen molar-refractivity contribution in [1.82, 2.24) is 4.98 Å². The maximum atomic E-state index is 6.00. The van der Waals surface area contributed by atoms with E-state index in [-0.39, 0.29) is 0 Å². The largest absolute Gasteiger partial charge is 0.398 e. The van der Waals surface area contributed by atoms with E-state index in [4.69, 9.17) is 5.73 Å². The van der Waals surface area contributed by atoms with Gasteiger partial charge in [-0.05, 0) is 37.6 Å². The van der Waals surface area contributed by atoms with Crippen molar-refractivity contribution in [3.8, 4) is 0 Å². The van der Waals surface area contributed by atoms with E-state index in [1.807, 2.05) is 30.5 Å². The number of rotatable bonds is 7. The highest BCUT2D eigenvalue weighted by Gasteiger charge is 2.07. The molecule has 0 amide bonds. The summed E-state index contributed by atoms with van der Waals surface area (Å²) in [7, 11) is 0. The zero-order valence-corrected chi connectivity index (χ0v) is 12.5. The van der Waals surface area contributed by atoms with Crippen molar-refractivity contribution in [2.75, 3.05) is 11.1 Å². The second-order valence-corrected chi connectivity index (χ2v) is 5.50. The molecule has 108 valence electrons. The number of nitrogens with one attached hydrogen (secondary N) is 1. The maximum absolute atomic E-state index is 6.00. The Hall–Kier alpha value is -1.77. The molecule has 1 unspecified atom stereocenters. The Morgan fingerprint density at radius 2 is 2.05 bits per heavy atom. The van der Waals surface area contributed by atoms with Gasteiger partial charge in [-0.2, -0.15) is 0 Å². The van der Waals surface area contributed by atoms with Gasteiger partial charge in [-0.3, -0.25) is 4.98 Å². The van der Waals surface area contributed by atoms with Gasteiger partial charge in [0.15, 0.2) is 0 Å². The van der Waals surface area contributed by atoms with Gasteiger partial charge < -0.3 is 11.1 Å². The Bertz CT molecular complexity index is 551. The lowest BCUT2D eigenvalue weighted by molar-refractivity contribution is 0.594. The molecular formula is C17H25N3. The van der Waals surface area contributed by atoms with Crippen LogP contribution in [0.1, 0.15) is 46.0 Å². The van der Waals surface area contributed by atoms with E-state index in [2.05, 4.69) is 24.1 Å². The van der Waals surface area contributed by atoms with Gasteiger partial charge in [0, 0.05) is 23.3 Å². The first-order valence-corrected chi connectivity index (χ1v) is 7.62. The van der Waals surface area contributed by atoms with Crippen molar-refractivity contribution >= 4 is 22.3 Å². The third-order valence-corrected chi connectivity index (χ3v) is 3.70. The summed E-state index contributed by atoms with van der Waals surface area (Å²) >= 11 is 0. The van der Waals surface area contributed by atoms with Crippen molar-refractivity contribution in [2.45, 2.75) is 52.0 Å². The number of aromatic nitrogens is 1. The van der Waals surface area contributed by atoms with Gasteiger partial charge in [-0.1, -0.05) is 32.6 Å². The number of anilines is 2. The lowest BCUT2D eigenvalue weighted by atomic mass is 10.1. The van der Waals surface area contributed by atoms with E-state index in [1.165, 1.54) is 32.1 Å². The molecule has 3 nitrogen and oxygen atoms in total. The fourth-order valence-electron chi connectivity index (χ4n) is 2.53. The second-order valence-electron chi connectivity index (χ2n) is 5.50. The minimum Gasteiger partial charge on any atom is -0.398 e. The number of fused-ring (bicyclic) bond motifs is 1. The van der Waals surface area contributed by atoms with E-state index in [9.17, 15) is 0 Å². The molecule has 1 aromatic heterocycles. The average Bonchev–Trinajstić information content (AvgIpc) is 2.47. The van der Waals surface area contributed by atoms with Crippen LogP contribution in [0.2, 0.25) is 0 Å². The minimum atomic E-state index is 0.459. The van der Waals surface area contributed by atoms with Crippen LogP contribution < -0.4 is 11.1 Å². The molecule has 1 aromatic carbocycles. The molecule has 0 saturated heterocycles. The van der Waals surface area contributed by atoms with Crippen molar-refractivity contribution in [3.63, 3.8) is 0 Å². The molecule has 0 aliphatic heterocycles. The highest BCUT2D eigenvalue weighted by atomic mass is 14.9. The Labute approximate surface area is 121 Å². The molecule has 0 bridgehead atoms. The number of unbranched alkanes of at least 4 members (excludes halogenated alkanes) is 3. The molecule has 0 saturated carbocycles. The highest BCUT2D eigenvalue weighted by Crippen LogP contribution is 2.27. The fourth-order valence-corrected chi connectivity index (χ4v) is 2.53. The predicted octanol–water partition coefficient (Wildman–Crippen LogP) is 4.59. The zero-order chi connectivity index (χ0) is 14.4. The summed E-state index contributed by atoms with van der Waals surface area (Å²) in [5.74, 6) is 0. The monoisotopic (exact) mass is 271 g/mol. The lowest BCUT2D eigenvalue weighted by Gasteiger charge is -2.17. The van der Waals surface area contributed by atoms with Crippen LogP contribution in [0.4, 0.5) is 11.4 Å². The molecule has 0 radical (unpaired) electrons. The Kier molecular flexibility index (Phi) is 5.22. The number of nitrogens with zero attached hydrogens (tertiary/aromatic N) is 1. The van der Waals surface area contributed by atoms with E-state index in [0.717, 1.165) is 22.3 Å². The van der Waals surface area contributed by atoms with Crippen LogP contribution >= 0.6 is 0 Å². The van der Waals surface area contributed by atoms with Crippen LogP contribution in [0.5, 0.6) is 0 Å². The molecule has 3 heteroatoms. The number of hydrogen-bond acceptors (Lipinski definition) is 3. The molecule has 1 heterocycles. The molecule has 0 fully saturated rings. The zero-order valence-electron chi connectivity index (χ0n) is 12.5. The van der Waals surface area contributed by atoms with Gasteiger partial charge in [0.1, 0.15) is 0 Å². The smallest absolute Gasteiger partial charge is 0.0953 e. The van der Waals surface area contributed by atoms with Gasteiger partial charge in [0.25, 0.3) is 0 Å². The van der Waals surface area contributed by atoms with E-state index in [0.29, 0.717) is 6.04 Å². The van der Waals surface area contributed by atoms with Crippen LogP contribution in [0.15, 0.2) is 30.5 Å². The minimum absolute atomic E-state index is 0.459. The molecule has 1 atom stereocenters. The highest BCUT2D eigenvalue weighted by molar-refractivity contribution is 5.98. The van der Waals surface area contributed by atoms with Crippen molar-refractivity contribution in [3.05, 3.63) is 30.5 Å². The summed E-state index contributed by atoms with van der Waals surface area (Å²) in [5.41, 5.74) is 8.83. The van der Waals surface area contributed by atoms with Gasteiger partial charge in [-0.15, -0.1) is 0 Å². The topological polar surface area (TPSA) is 50.9 Å².